The highest BCUT2D eigenvalue weighted by Crippen LogP contribution is 2.51. The lowest BCUT2D eigenvalue weighted by molar-refractivity contribution is 0.0513. The lowest BCUT2D eigenvalue weighted by Crippen LogP contribution is -2.44. The maximum Gasteiger partial charge on any atom is 0.191 e. The Morgan fingerprint density at radius 2 is 1.17 bits per heavy atom. The quantitative estimate of drug-likeness (QED) is 0.182. The number of nitrogens with zero attached hydrogens (tertiary/aromatic N) is 2. The van der Waals surface area contributed by atoms with Crippen LogP contribution in [0.4, 0.5) is 0 Å². The Kier molecular flexibility index (Phi) is 9.72. The van der Waals surface area contributed by atoms with Gasteiger partial charge in [0, 0.05) is 0 Å². The number of ether oxygens (including phenoxy) is 1. The number of ketones is 1. The van der Waals surface area contributed by atoms with Gasteiger partial charge in [0.2, 0.25) is 0 Å². The fourth-order valence-electron chi connectivity index (χ4n) is 10.3. The highest BCUT2D eigenvalue weighted by Gasteiger charge is 2.49. The first-order valence-electron chi connectivity index (χ1n) is 21.1. The molecule has 2 aromatic carbocycles. The van der Waals surface area contributed by atoms with Crippen molar-refractivity contribution in [3.8, 4) is 0 Å². The molecule has 0 N–H and O–H groups in total. The van der Waals surface area contributed by atoms with E-state index in [1.54, 1.807) is 0 Å². The van der Waals surface area contributed by atoms with E-state index in [0.717, 1.165) is 113 Å². The van der Waals surface area contributed by atoms with Crippen LogP contribution >= 0.6 is 0 Å². The fourth-order valence-corrected chi connectivity index (χ4v) is 10.3. The van der Waals surface area contributed by atoms with Gasteiger partial charge in [-0.25, -0.2) is 9.97 Å². The molecule has 1 atom stereocenters. The van der Waals surface area contributed by atoms with Crippen LogP contribution in [0.25, 0.3) is 29.1 Å². The van der Waals surface area contributed by atoms with Crippen LogP contribution < -0.4 is 0 Å². The van der Waals surface area contributed by atoms with Crippen molar-refractivity contribution in [2.45, 2.75) is 123 Å². The van der Waals surface area contributed by atoms with E-state index in [9.17, 15) is 0 Å². The minimum atomic E-state index is -0.567. The van der Waals surface area contributed by atoms with Gasteiger partial charge in [-0.05, 0) is 170 Å². The zero-order chi connectivity index (χ0) is 36.6. The highest BCUT2D eigenvalue weighted by molar-refractivity contribution is 6.03. The SMILES string of the molecule is CCCCc1c2c(nc3c1CCC/C3=C\c1ccccc1)C(=O)C1(CC2)COC2=C(CCc3c2nc2c(c3CCCC)CCC/C2=C\c2ccccc2)C1. The lowest BCUT2D eigenvalue weighted by atomic mass is 9.65. The number of hydrogen-bond acceptors (Lipinski definition) is 4. The van der Waals surface area contributed by atoms with Crippen LogP contribution in [-0.2, 0) is 43.3 Å². The minimum absolute atomic E-state index is 0.210. The van der Waals surface area contributed by atoms with Crippen molar-refractivity contribution >= 4 is 34.8 Å². The Morgan fingerprint density at radius 1 is 0.630 bits per heavy atom. The molecule has 0 saturated heterocycles. The van der Waals surface area contributed by atoms with E-state index in [0.29, 0.717) is 6.61 Å². The predicted octanol–water partition coefficient (Wildman–Crippen LogP) is 11.8. The molecule has 0 amide bonds. The summed E-state index contributed by atoms with van der Waals surface area (Å²) in [4.78, 5) is 26.0. The lowest BCUT2D eigenvalue weighted by Gasteiger charge is -2.43. The number of hydrogen-bond donors (Lipinski definition) is 0. The van der Waals surface area contributed by atoms with E-state index in [1.807, 2.05) is 0 Å². The summed E-state index contributed by atoms with van der Waals surface area (Å²) < 4.78 is 6.94. The van der Waals surface area contributed by atoms with Crippen molar-refractivity contribution in [2.75, 3.05) is 6.61 Å². The second-order valence-electron chi connectivity index (χ2n) is 16.6. The molecule has 5 aliphatic rings. The summed E-state index contributed by atoms with van der Waals surface area (Å²) in [6.07, 6.45) is 22.4. The summed E-state index contributed by atoms with van der Waals surface area (Å²) in [5, 5.41) is 0. The highest BCUT2D eigenvalue weighted by atomic mass is 16.5. The first kappa shape index (κ1) is 35.2. The summed E-state index contributed by atoms with van der Waals surface area (Å²) in [6.45, 7) is 4.98. The number of unbranched alkanes of at least 4 members (excludes halogenated alkanes) is 2. The third-order valence-corrected chi connectivity index (χ3v) is 13.1. The van der Waals surface area contributed by atoms with Crippen LogP contribution in [0.3, 0.4) is 0 Å². The molecule has 0 fully saturated rings. The molecular weight excluding hydrogens is 661 g/mol. The first-order valence-corrected chi connectivity index (χ1v) is 21.1. The van der Waals surface area contributed by atoms with Gasteiger partial charge in [0.15, 0.2) is 5.78 Å². The summed E-state index contributed by atoms with van der Waals surface area (Å²) >= 11 is 0. The summed E-state index contributed by atoms with van der Waals surface area (Å²) in [6, 6.07) is 21.3. The zero-order valence-electron chi connectivity index (χ0n) is 32.4. The van der Waals surface area contributed by atoms with E-state index in [1.165, 1.54) is 86.2 Å². The number of aromatic nitrogens is 2. The van der Waals surface area contributed by atoms with Crippen LogP contribution in [0, 0.1) is 5.41 Å². The number of rotatable bonds is 8. The van der Waals surface area contributed by atoms with Crippen LogP contribution in [0.2, 0.25) is 0 Å². The predicted molar refractivity (Wildman–Crippen MR) is 221 cm³/mol. The molecule has 0 radical (unpaired) electrons. The van der Waals surface area contributed by atoms with Crippen LogP contribution in [0.5, 0.6) is 0 Å². The molecule has 1 aliphatic heterocycles. The van der Waals surface area contributed by atoms with E-state index in [4.69, 9.17) is 14.7 Å². The molecule has 1 unspecified atom stereocenters. The van der Waals surface area contributed by atoms with Gasteiger partial charge in [-0.15, -0.1) is 0 Å². The summed E-state index contributed by atoms with van der Waals surface area (Å²) in [5.74, 6) is 1.18. The molecule has 54 heavy (non-hydrogen) atoms. The van der Waals surface area contributed by atoms with E-state index in [-0.39, 0.29) is 5.78 Å². The average molecular weight is 715 g/mol. The monoisotopic (exact) mass is 714 g/mol. The number of Topliss-reactive ketones (excluding diaryl/α,β-unsaturated/α-hetero) is 1. The number of benzene rings is 2. The normalized spacial score (nSPS) is 21.7. The van der Waals surface area contributed by atoms with Crippen molar-refractivity contribution in [1.82, 2.24) is 9.97 Å². The van der Waals surface area contributed by atoms with Crippen molar-refractivity contribution < 1.29 is 9.53 Å². The zero-order valence-corrected chi connectivity index (χ0v) is 32.4. The molecule has 0 bridgehead atoms. The van der Waals surface area contributed by atoms with Gasteiger partial charge in [0.25, 0.3) is 0 Å². The molecule has 1 spiro atoms. The summed E-state index contributed by atoms with van der Waals surface area (Å²) in [5.41, 5.74) is 18.3. The largest absolute Gasteiger partial charge is 0.490 e. The van der Waals surface area contributed by atoms with E-state index in [2.05, 4.69) is 86.7 Å². The topological polar surface area (TPSA) is 52.1 Å². The Hall–Kier alpha value is -4.57. The summed E-state index contributed by atoms with van der Waals surface area (Å²) in [7, 11) is 0. The van der Waals surface area contributed by atoms with Gasteiger partial charge in [0.1, 0.15) is 23.8 Å². The van der Waals surface area contributed by atoms with Crippen LogP contribution in [0.1, 0.15) is 157 Å². The van der Waals surface area contributed by atoms with Gasteiger partial charge in [-0.3, -0.25) is 4.79 Å². The van der Waals surface area contributed by atoms with Gasteiger partial charge in [-0.2, -0.15) is 0 Å². The molecule has 0 saturated carbocycles. The fraction of sp³-hybridized carbons (Fsp3) is 0.420. The third-order valence-electron chi connectivity index (χ3n) is 13.1. The maximum atomic E-state index is 15.1. The van der Waals surface area contributed by atoms with Crippen molar-refractivity contribution in [1.29, 1.82) is 0 Å². The van der Waals surface area contributed by atoms with Crippen molar-refractivity contribution in [3.05, 3.63) is 134 Å². The number of fused-ring (bicyclic) bond motifs is 5. The molecule has 2 aromatic heterocycles. The molecule has 4 nitrogen and oxygen atoms in total. The van der Waals surface area contributed by atoms with Gasteiger partial charge in [-0.1, -0.05) is 87.4 Å². The Balaban J connectivity index is 1.11. The maximum absolute atomic E-state index is 15.1. The van der Waals surface area contributed by atoms with Gasteiger partial charge >= 0.3 is 0 Å². The molecular formula is C50H54N2O2. The Labute approximate surface area is 321 Å². The number of carbonyl (C=O) groups excluding carboxylic acids is 1. The van der Waals surface area contributed by atoms with Gasteiger partial charge < -0.3 is 4.74 Å². The van der Waals surface area contributed by atoms with E-state index < -0.39 is 5.41 Å². The van der Waals surface area contributed by atoms with Gasteiger partial charge in [0.05, 0.1) is 16.8 Å². The molecule has 9 rings (SSSR count). The standard InChI is InChI=1S/C50H54N2O2/c1-3-5-21-38-40-23-13-19-35(29-33-15-9-7-10-16-33)44(40)51-46-42(38)26-25-37-31-50(32-54-48(37)46)28-27-43-39(22-6-4-2)41-24-14-20-36(30-34-17-11-8-12-18-34)45(41)52-47(43)49(50)53/h7-12,15-18,29-30H,3-6,13-14,19-28,31-32H2,1-2H3/b35-29+,36-30+. The number of carbonyl (C=O) groups is 1. The number of allylic oxidation sites excluding steroid dienone is 3. The first-order chi connectivity index (χ1) is 26.6. The minimum Gasteiger partial charge on any atom is -0.490 e. The molecule has 3 heterocycles. The van der Waals surface area contributed by atoms with Crippen molar-refractivity contribution in [2.24, 2.45) is 5.41 Å². The van der Waals surface area contributed by atoms with Crippen molar-refractivity contribution in [3.63, 3.8) is 0 Å². The smallest absolute Gasteiger partial charge is 0.191 e. The second-order valence-corrected chi connectivity index (χ2v) is 16.6. The second kappa shape index (κ2) is 14.9. The molecule has 276 valence electrons. The molecule has 4 aliphatic carbocycles. The average Bonchev–Trinajstić information content (AvgIpc) is 3.21. The Bertz CT molecular complexity index is 2190. The third kappa shape index (κ3) is 6.30. The van der Waals surface area contributed by atoms with Crippen LogP contribution in [0.15, 0.2) is 66.2 Å². The molecule has 4 heteroatoms. The Morgan fingerprint density at radius 3 is 1.74 bits per heavy atom. The van der Waals surface area contributed by atoms with E-state index >= 15 is 4.79 Å². The number of pyridine rings is 2. The van der Waals surface area contributed by atoms with Crippen LogP contribution in [-0.4, -0.2) is 22.4 Å². The molecule has 4 aromatic rings.